The predicted octanol–water partition coefficient (Wildman–Crippen LogP) is 3.03. The molecule has 3 atom stereocenters. The molecular weight excluding hydrogens is 362 g/mol. The molecule has 152 valence electrons. The number of likely N-dealkylation sites (tertiary alicyclic amines) is 1. The number of hydrogen-bond donors (Lipinski definition) is 2. The normalized spacial score (nSPS) is 24.5. The number of carbonyl (C=O) groups excluding carboxylic acids is 2. The lowest BCUT2D eigenvalue weighted by Crippen LogP contribution is -2.49. The molecule has 0 aliphatic carbocycles. The van der Waals surface area contributed by atoms with E-state index >= 15 is 0 Å². The Morgan fingerprint density at radius 2 is 1.76 bits per heavy atom. The van der Waals surface area contributed by atoms with Gasteiger partial charge in [0.25, 0.3) is 0 Å². The number of carbonyl (C=O) groups is 2. The quantitative estimate of drug-likeness (QED) is 0.796. The zero-order valence-corrected chi connectivity index (χ0v) is 16.7. The number of hydrogen-bond acceptors (Lipinski definition) is 3. The maximum Gasteiger partial charge on any atom is 0.225 e. The molecule has 2 fully saturated rings. The second-order valence-electron chi connectivity index (χ2n) is 8.05. The Morgan fingerprint density at radius 1 is 1.03 bits per heavy atom. The average molecular weight is 392 g/mol. The zero-order chi connectivity index (χ0) is 20.1. The lowest BCUT2D eigenvalue weighted by molar-refractivity contribution is -0.144. The van der Waals surface area contributed by atoms with Crippen LogP contribution in [0.25, 0.3) is 0 Å². The summed E-state index contributed by atoms with van der Waals surface area (Å²) in [4.78, 5) is 28.0. The number of nitrogens with one attached hydrogen (secondary N) is 2. The Morgan fingerprint density at radius 3 is 2.45 bits per heavy atom. The first-order valence-electron chi connectivity index (χ1n) is 10.6. The van der Waals surface area contributed by atoms with Crippen LogP contribution in [-0.2, 0) is 16.1 Å². The highest BCUT2D eigenvalue weighted by Gasteiger charge is 2.40. The molecule has 2 N–H and O–H groups in total. The van der Waals surface area contributed by atoms with Gasteiger partial charge in [-0.25, -0.2) is 0 Å². The standard InChI is InChI=1S/C24H29N3O2/c28-22-14-13-21(24(29)26-16-20-12-7-15-25-20)23(19-10-5-2-6-11-19)27(22)17-18-8-3-1-4-9-18/h1-6,8-11,20-21,23,25H,7,12-17H2,(H,26,29). The van der Waals surface area contributed by atoms with Crippen LogP contribution < -0.4 is 10.6 Å². The molecule has 2 aliphatic heterocycles. The molecule has 0 spiro atoms. The van der Waals surface area contributed by atoms with Gasteiger partial charge in [-0.05, 0) is 36.9 Å². The lowest BCUT2D eigenvalue weighted by atomic mass is 9.83. The molecule has 0 aromatic heterocycles. The number of amides is 2. The van der Waals surface area contributed by atoms with E-state index in [1.165, 1.54) is 0 Å². The van der Waals surface area contributed by atoms with Crippen molar-refractivity contribution in [3.05, 3.63) is 71.8 Å². The van der Waals surface area contributed by atoms with E-state index in [1.807, 2.05) is 65.6 Å². The molecule has 0 saturated carbocycles. The van der Waals surface area contributed by atoms with Crippen molar-refractivity contribution in [2.24, 2.45) is 5.92 Å². The molecule has 29 heavy (non-hydrogen) atoms. The summed E-state index contributed by atoms with van der Waals surface area (Å²) in [6, 6.07) is 20.1. The van der Waals surface area contributed by atoms with E-state index in [4.69, 9.17) is 0 Å². The SMILES string of the molecule is O=C(NCC1CCCN1)C1CCC(=O)N(Cc2ccccc2)C1c1ccccc1. The van der Waals surface area contributed by atoms with Crippen LogP contribution in [0, 0.1) is 5.92 Å². The minimum Gasteiger partial charge on any atom is -0.354 e. The van der Waals surface area contributed by atoms with Crippen LogP contribution in [0.1, 0.15) is 42.9 Å². The van der Waals surface area contributed by atoms with Gasteiger partial charge in [0, 0.05) is 25.6 Å². The van der Waals surface area contributed by atoms with E-state index in [9.17, 15) is 9.59 Å². The van der Waals surface area contributed by atoms with E-state index in [2.05, 4.69) is 10.6 Å². The number of piperidine rings is 1. The van der Waals surface area contributed by atoms with E-state index in [-0.39, 0.29) is 23.8 Å². The minimum atomic E-state index is -0.241. The highest BCUT2D eigenvalue weighted by Crippen LogP contribution is 2.38. The van der Waals surface area contributed by atoms with Gasteiger partial charge in [0.15, 0.2) is 0 Å². The van der Waals surface area contributed by atoms with Crippen molar-refractivity contribution in [1.82, 2.24) is 15.5 Å². The maximum atomic E-state index is 13.2. The van der Waals surface area contributed by atoms with Crippen molar-refractivity contribution < 1.29 is 9.59 Å². The molecule has 0 radical (unpaired) electrons. The Kier molecular flexibility index (Phi) is 6.25. The molecule has 3 unspecified atom stereocenters. The monoisotopic (exact) mass is 391 g/mol. The van der Waals surface area contributed by atoms with Crippen molar-refractivity contribution >= 4 is 11.8 Å². The summed E-state index contributed by atoms with van der Waals surface area (Å²) in [5, 5.41) is 6.58. The average Bonchev–Trinajstić information content (AvgIpc) is 3.28. The summed E-state index contributed by atoms with van der Waals surface area (Å²) in [7, 11) is 0. The smallest absolute Gasteiger partial charge is 0.225 e. The van der Waals surface area contributed by atoms with Crippen LogP contribution in [-0.4, -0.2) is 35.8 Å². The van der Waals surface area contributed by atoms with Crippen LogP contribution in [0.2, 0.25) is 0 Å². The predicted molar refractivity (Wildman–Crippen MR) is 113 cm³/mol. The molecule has 5 nitrogen and oxygen atoms in total. The molecule has 2 aliphatic rings. The summed E-state index contributed by atoms with van der Waals surface area (Å²) >= 11 is 0. The van der Waals surface area contributed by atoms with Gasteiger partial charge in [0.05, 0.1) is 12.0 Å². The number of benzene rings is 2. The third kappa shape index (κ3) is 4.67. The van der Waals surface area contributed by atoms with E-state index < -0.39 is 0 Å². The largest absolute Gasteiger partial charge is 0.354 e. The molecule has 2 aromatic rings. The van der Waals surface area contributed by atoms with Gasteiger partial charge < -0.3 is 15.5 Å². The van der Waals surface area contributed by atoms with Crippen molar-refractivity contribution in [1.29, 1.82) is 0 Å². The fourth-order valence-electron chi connectivity index (χ4n) is 4.54. The fourth-order valence-corrected chi connectivity index (χ4v) is 4.54. The zero-order valence-electron chi connectivity index (χ0n) is 16.7. The number of nitrogens with zero attached hydrogens (tertiary/aromatic N) is 1. The van der Waals surface area contributed by atoms with Crippen LogP contribution >= 0.6 is 0 Å². The molecule has 4 rings (SSSR count). The van der Waals surface area contributed by atoms with E-state index in [0.717, 1.165) is 30.5 Å². The van der Waals surface area contributed by atoms with E-state index in [1.54, 1.807) is 0 Å². The third-order valence-electron chi connectivity index (χ3n) is 6.07. The van der Waals surface area contributed by atoms with Gasteiger partial charge in [-0.1, -0.05) is 60.7 Å². The van der Waals surface area contributed by atoms with Crippen LogP contribution in [0.5, 0.6) is 0 Å². The molecule has 2 saturated heterocycles. The topological polar surface area (TPSA) is 61.4 Å². The first kappa shape index (κ1) is 19.6. The van der Waals surface area contributed by atoms with Crippen molar-refractivity contribution in [3.8, 4) is 0 Å². The first-order valence-corrected chi connectivity index (χ1v) is 10.6. The molecule has 0 bridgehead atoms. The van der Waals surface area contributed by atoms with Gasteiger partial charge in [0.1, 0.15) is 0 Å². The fraction of sp³-hybridized carbons (Fsp3) is 0.417. The second kappa shape index (κ2) is 9.23. The Hall–Kier alpha value is -2.66. The lowest BCUT2D eigenvalue weighted by Gasteiger charge is -2.41. The molecule has 2 aromatic carbocycles. The summed E-state index contributed by atoms with van der Waals surface area (Å²) in [5.74, 6) is -0.0671. The molecule has 2 amide bonds. The van der Waals surface area contributed by atoms with Crippen LogP contribution in [0.4, 0.5) is 0 Å². The maximum absolute atomic E-state index is 13.2. The third-order valence-corrected chi connectivity index (χ3v) is 6.07. The Balaban J connectivity index is 1.57. The molecule has 2 heterocycles. The highest BCUT2D eigenvalue weighted by molar-refractivity contribution is 5.85. The summed E-state index contributed by atoms with van der Waals surface area (Å²) in [5.41, 5.74) is 2.11. The van der Waals surface area contributed by atoms with Gasteiger partial charge in [-0.3, -0.25) is 9.59 Å². The van der Waals surface area contributed by atoms with Crippen LogP contribution in [0.15, 0.2) is 60.7 Å². The Labute approximate surface area is 172 Å². The van der Waals surface area contributed by atoms with Gasteiger partial charge in [-0.15, -0.1) is 0 Å². The summed E-state index contributed by atoms with van der Waals surface area (Å²) in [6.07, 6.45) is 3.27. The van der Waals surface area contributed by atoms with Gasteiger partial charge in [0.2, 0.25) is 11.8 Å². The first-order chi connectivity index (χ1) is 14.2. The van der Waals surface area contributed by atoms with Crippen LogP contribution in [0.3, 0.4) is 0 Å². The summed E-state index contributed by atoms with van der Waals surface area (Å²) in [6.45, 7) is 2.20. The van der Waals surface area contributed by atoms with Gasteiger partial charge in [-0.2, -0.15) is 0 Å². The van der Waals surface area contributed by atoms with Crippen molar-refractivity contribution in [2.45, 2.75) is 44.3 Å². The van der Waals surface area contributed by atoms with Crippen molar-refractivity contribution in [2.75, 3.05) is 13.1 Å². The number of rotatable bonds is 6. The highest BCUT2D eigenvalue weighted by atomic mass is 16.2. The Bertz CT molecular complexity index is 819. The molecule has 5 heteroatoms. The van der Waals surface area contributed by atoms with Gasteiger partial charge >= 0.3 is 0 Å². The summed E-state index contributed by atoms with van der Waals surface area (Å²) < 4.78 is 0. The second-order valence-corrected chi connectivity index (χ2v) is 8.05. The van der Waals surface area contributed by atoms with E-state index in [0.29, 0.717) is 32.0 Å². The van der Waals surface area contributed by atoms with Crippen molar-refractivity contribution in [3.63, 3.8) is 0 Å². The minimum absolute atomic E-state index is 0.0538. The molecular formula is C24H29N3O2.